The zero-order valence-electron chi connectivity index (χ0n) is 16.1. The molecule has 1 heterocycles. The molecule has 0 spiro atoms. The van der Waals surface area contributed by atoms with Gasteiger partial charge >= 0.3 is 5.97 Å². The molecule has 1 aromatic heterocycles. The SMILES string of the molecule is CCOc1ccc(NC(=O)c2nc3cccc(C(CC)C(=O)OC)c3[nH]2)cc1. The minimum absolute atomic E-state index is 0.177. The van der Waals surface area contributed by atoms with Gasteiger partial charge in [-0.15, -0.1) is 0 Å². The Labute approximate surface area is 163 Å². The summed E-state index contributed by atoms with van der Waals surface area (Å²) >= 11 is 0. The largest absolute Gasteiger partial charge is 0.494 e. The summed E-state index contributed by atoms with van der Waals surface area (Å²) in [6.07, 6.45) is 0.582. The third-order valence-electron chi connectivity index (χ3n) is 4.46. The number of imidazole rings is 1. The van der Waals surface area contributed by atoms with E-state index in [0.717, 1.165) is 11.3 Å². The number of para-hydroxylation sites is 1. The number of hydrogen-bond acceptors (Lipinski definition) is 5. The number of amides is 1. The number of benzene rings is 2. The number of esters is 1. The van der Waals surface area contributed by atoms with E-state index in [1.165, 1.54) is 7.11 Å². The van der Waals surface area contributed by atoms with Crippen molar-refractivity contribution >= 4 is 28.6 Å². The van der Waals surface area contributed by atoms with Gasteiger partial charge in [0.05, 0.1) is 30.7 Å². The summed E-state index contributed by atoms with van der Waals surface area (Å²) in [7, 11) is 1.37. The van der Waals surface area contributed by atoms with Crippen LogP contribution in [0.5, 0.6) is 5.75 Å². The molecule has 0 bridgehead atoms. The number of carbonyl (C=O) groups excluding carboxylic acids is 2. The Morgan fingerprint density at radius 1 is 1.14 bits per heavy atom. The number of H-pyrrole nitrogens is 1. The maximum atomic E-state index is 12.6. The number of methoxy groups -OCH3 is 1. The summed E-state index contributed by atoms with van der Waals surface area (Å²) < 4.78 is 10.3. The van der Waals surface area contributed by atoms with Crippen molar-refractivity contribution in [2.75, 3.05) is 19.0 Å². The van der Waals surface area contributed by atoms with Gasteiger partial charge in [0.1, 0.15) is 5.75 Å². The first kappa shape index (κ1) is 19.4. The van der Waals surface area contributed by atoms with Crippen LogP contribution in [0.25, 0.3) is 11.0 Å². The van der Waals surface area contributed by atoms with Gasteiger partial charge in [-0.3, -0.25) is 9.59 Å². The fraction of sp³-hybridized carbons (Fsp3) is 0.286. The molecular formula is C21H23N3O4. The highest BCUT2D eigenvalue weighted by atomic mass is 16.5. The van der Waals surface area contributed by atoms with Gasteiger partial charge in [0, 0.05) is 5.69 Å². The Morgan fingerprint density at radius 3 is 2.54 bits per heavy atom. The number of nitrogens with one attached hydrogen (secondary N) is 2. The zero-order valence-corrected chi connectivity index (χ0v) is 16.1. The van der Waals surface area contributed by atoms with Crippen LogP contribution in [0.1, 0.15) is 42.4 Å². The van der Waals surface area contributed by atoms with E-state index in [4.69, 9.17) is 9.47 Å². The summed E-state index contributed by atoms with van der Waals surface area (Å²) in [5, 5.41) is 2.81. The van der Waals surface area contributed by atoms with Crippen LogP contribution >= 0.6 is 0 Å². The van der Waals surface area contributed by atoms with Crippen molar-refractivity contribution in [3.8, 4) is 5.75 Å². The summed E-state index contributed by atoms with van der Waals surface area (Å²) in [5.74, 6) is -0.183. The minimum atomic E-state index is -0.420. The Hall–Kier alpha value is -3.35. The predicted molar refractivity (Wildman–Crippen MR) is 107 cm³/mol. The van der Waals surface area contributed by atoms with E-state index < -0.39 is 5.92 Å². The van der Waals surface area contributed by atoms with Crippen molar-refractivity contribution in [1.82, 2.24) is 9.97 Å². The molecule has 2 aromatic carbocycles. The Bertz CT molecular complexity index is 979. The number of aromatic nitrogens is 2. The quantitative estimate of drug-likeness (QED) is 0.606. The molecule has 0 aliphatic rings. The molecular weight excluding hydrogens is 358 g/mol. The van der Waals surface area contributed by atoms with Gasteiger partial charge in [0.2, 0.25) is 0 Å². The Morgan fingerprint density at radius 2 is 1.89 bits per heavy atom. The normalized spacial score (nSPS) is 11.8. The second-order valence-electron chi connectivity index (χ2n) is 6.22. The average Bonchev–Trinajstić information content (AvgIpc) is 3.15. The Kier molecular flexibility index (Phi) is 5.93. The second kappa shape index (κ2) is 8.56. The molecule has 1 amide bonds. The minimum Gasteiger partial charge on any atom is -0.494 e. The lowest BCUT2D eigenvalue weighted by Crippen LogP contribution is -2.14. The van der Waals surface area contributed by atoms with Crippen LogP contribution in [0.4, 0.5) is 5.69 Å². The van der Waals surface area contributed by atoms with E-state index in [9.17, 15) is 9.59 Å². The van der Waals surface area contributed by atoms with Crippen LogP contribution in [-0.4, -0.2) is 35.6 Å². The number of hydrogen-bond donors (Lipinski definition) is 2. The molecule has 7 heteroatoms. The summed E-state index contributed by atoms with van der Waals surface area (Å²) in [5.41, 5.74) is 2.68. The Balaban J connectivity index is 1.86. The highest BCUT2D eigenvalue weighted by Gasteiger charge is 2.23. The molecule has 3 aromatic rings. The van der Waals surface area contributed by atoms with Gasteiger partial charge in [-0.05, 0) is 49.2 Å². The van der Waals surface area contributed by atoms with Gasteiger partial charge in [-0.25, -0.2) is 4.98 Å². The average molecular weight is 381 g/mol. The predicted octanol–water partition coefficient (Wildman–Crippen LogP) is 3.88. The van der Waals surface area contributed by atoms with E-state index in [2.05, 4.69) is 15.3 Å². The first-order chi connectivity index (χ1) is 13.6. The third kappa shape index (κ3) is 3.98. The number of carbonyl (C=O) groups is 2. The molecule has 1 unspecified atom stereocenters. The van der Waals surface area contributed by atoms with Crippen molar-refractivity contribution in [3.63, 3.8) is 0 Å². The van der Waals surface area contributed by atoms with Gasteiger partial charge in [-0.1, -0.05) is 19.1 Å². The topological polar surface area (TPSA) is 93.3 Å². The molecule has 7 nitrogen and oxygen atoms in total. The molecule has 0 radical (unpaired) electrons. The molecule has 0 fully saturated rings. The number of fused-ring (bicyclic) bond motifs is 1. The van der Waals surface area contributed by atoms with Crippen molar-refractivity contribution in [1.29, 1.82) is 0 Å². The fourth-order valence-corrected chi connectivity index (χ4v) is 3.10. The van der Waals surface area contributed by atoms with Crippen LogP contribution in [0.2, 0.25) is 0 Å². The van der Waals surface area contributed by atoms with Crippen molar-refractivity contribution in [2.24, 2.45) is 0 Å². The van der Waals surface area contributed by atoms with E-state index in [0.29, 0.717) is 29.7 Å². The van der Waals surface area contributed by atoms with E-state index in [-0.39, 0.29) is 17.7 Å². The lowest BCUT2D eigenvalue weighted by molar-refractivity contribution is -0.142. The van der Waals surface area contributed by atoms with E-state index in [1.807, 2.05) is 26.0 Å². The summed E-state index contributed by atoms with van der Waals surface area (Å²) in [6, 6.07) is 12.6. The van der Waals surface area contributed by atoms with Crippen LogP contribution in [0.3, 0.4) is 0 Å². The van der Waals surface area contributed by atoms with Crippen LogP contribution in [-0.2, 0) is 9.53 Å². The first-order valence-electron chi connectivity index (χ1n) is 9.18. The van der Waals surface area contributed by atoms with E-state index >= 15 is 0 Å². The maximum Gasteiger partial charge on any atom is 0.313 e. The molecule has 146 valence electrons. The number of aromatic amines is 1. The monoisotopic (exact) mass is 381 g/mol. The van der Waals surface area contributed by atoms with Crippen LogP contribution in [0, 0.1) is 0 Å². The van der Waals surface area contributed by atoms with Gasteiger partial charge < -0.3 is 19.8 Å². The highest BCUT2D eigenvalue weighted by Crippen LogP contribution is 2.28. The molecule has 0 aliphatic carbocycles. The fourth-order valence-electron chi connectivity index (χ4n) is 3.10. The van der Waals surface area contributed by atoms with Crippen molar-refractivity contribution in [3.05, 3.63) is 53.9 Å². The lowest BCUT2D eigenvalue weighted by atomic mass is 9.95. The molecule has 3 rings (SSSR count). The van der Waals surface area contributed by atoms with Gasteiger partial charge in [0.25, 0.3) is 5.91 Å². The first-order valence-corrected chi connectivity index (χ1v) is 9.18. The van der Waals surface area contributed by atoms with Crippen molar-refractivity contribution < 1.29 is 19.1 Å². The molecule has 1 atom stereocenters. The molecule has 0 saturated carbocycles. The zero-order chi connectivity index (χ0) is 20.1. The van der Waals surface area contributed by atoms with E-state index in [1.54, 1.807) is 30.3 Å². The standard InChI is InChI=1S/C21H23N3O4/c1-4-15(21(26)27-3)16-7-6-8-17-18(16)24-19(23-17)20(25)22-13-9-11-14(12-10-13)28-5-2/h6-12,15H,4-5H2,1-3H3,(H,22,25)(H,23,24). The number of ether oxygens (including phenoxy) is 2. The summed E-state index contributed by atoms with van der Waals surface area (Å²) in [6.45, 7) is 4.41. The lowest BCUT2D eigenvalue weighted by Gasteiger charge is -2.13. The van der Waals surface area contributed by atoms with Crippen LogP contribution < -0.4 is 10.1 Å². The molecule has 2 N–H and O–H groups in total. The highest BCUT2D eigenvalue weighted by molar-refractivity contribution is 6.04. The summed E-state index contributed by atoms with van der Waals surface area (Å²) in [4.78, 5) is 32.1. The van der Waals surface area contributed by atoms with Crippen molar-refractivity contribution in [2.45, 2.75) is 26.2 Å². The van der Waals surface area contributed by atoms with Crippen LogP contribution in [0.15, 0.2) is 42.5 Å². The third-order valence-corrected chi connectivity index (χ3v) is 4.46. The number of nitrogens with zero attached hydrogens (tertiary/aromatic N) is 1. The number of anilines is 1. The molecule has 28 heavy (non-hydrogen) atoms. The smallest absolute Gasteiger partial charge is 0.313 e. The molecule has 0 aliphatic heterocycles. The van der Waals surface area contributed by atoms with Gasteiger partial charge in [-0.2, -0.15) is 0 Å². The maximum absolute atomic E-state index is 12.6. The number of rotatable bonds is 7. The molecule has 0 saturated heterocycles. The van der Waals surface area contributed by atoms with Gasteiger partial charge in [0.15, 0.2) is 5.82 Å². The second-order valence-corrected chi connectivity index (χ2v) is 6.22.